The number of benzene rings is 2. The summed E-state index contributed by atoms with van der Waals surface area (Å²) in [7, 11) is 5.02. The Balaban J connectivity index is 1.78. The SMILES string of the molecule is COCC(C(=O)NCCOc1cc2ncnc(Nc3ccc(Br)cc3F)c2cc1[N+](=O)[O-])N(C)C. The van der Waals surface area contributed by atoms with Crippen molar-refractivity contribution in [3.8, 4) is 5.75 Å². The fourth-order valence-corrected chi connectivity index (χ4v) is 3.55. The van der Waals surface area contributed by atoms with Crippen LogP contribution in [-0.2, 0) is 9.53 Å². The van der Waals surface area contributed by atoms with Gasteiger partial charge in [-0.2, -0.15) is 0 Å². The van der Waals surface area contributed by atoms with E-state index in [-0.39, 0.29) is 48.6 Å². The van der Waals surface area contributed by atoms with Gasteiger partial charge in [-0.1, -0.05) is 15.9 Å². The van der Waals surface area contributed by atoms with Gasteiger partial charge in [-0.3, -0.25) is 19.8 Å². The molecule has 2 N–H and O–H groups in total. The Bertz CT molecular complexity index is 1230. The molecule has 1 amide bonds. The van der Waals surface area contributed by atoms with Crippen LogP contribution in [-0.4, -0.2) is 72.7 Å². The number of nitro groups is 1. The highest BCUT2D eigenvalue weighted by Gasteiger charge is 2.22. The largest absolute Gasteiger partial charge is 0.485 e. The monoisotopic (exact) mass is 550 g/mol. The molecule has 0 fully saturated rings. The van der Waals surface area contributed by atoms with Crippen LogP contribution >= 0.6 is 15.9 Å². The summed E-state index contributed by atoms with van der Waals surface area (Å²) < 4.78 is 25.5. The van der Waals surface area contributed by atoms with Crippen molar-refractivity contribution in [1.82, 2.24) is 20.2 Å². The maximum absolute atomic E-state index is 14.3. The molecule has 186 valence electrons. The minimum Gasteiger partial charge on any atom is -0.485 e. The van der Waals surface area contributed by atoms with Gasteiger partial charge in [-0.05, 0) is 32.3 Å². The predicted octanol–water partition coefficient (Wildman–Crippen LogP) is 3.25. The summed E-state index contributed by atoms with van der Waals surface area (Å²) in [4.78, 5) is 33.4. The fraction of sp³-hybridized carbons (Fsp3) is 0.318. The first-order valence-electron chi connectivity index (χ1n) is 10.4. The summed E-state index contributed by atoms with van der Waals surface area (Å²) in [6.45, 7) is 0.336. The molecule has 0 saturated carbocycles. The molecule has 1 heterocycles. The van der Waals surface area contributed by atoms with E-state index in [0.29, 0.717) is 15.4 Å². The fourth-order valence-electron chi connectivity index (χ4n) is 3.22. The third kappa shape index (κ3) is 6.59. The van der Waals surface area contributed by atoms with Crippen molar-refractivity contribution in [3.63, 3.8) is 0 Å². The quantitative estimate of drug-likeness (QED) is 0.209. The molecule has 1 unspecified atom stereocenters. The van der Waals surface area contributed by atoms with Gasteiger partial charge in [-0.15, -0.1) is 0 Å². The van der Waals surface area contributed by atoms with E-state index in [1.165, 1.54) is 37.7 Å². The topological polar surface area (TPSA) is 132 Å². The number of halogens is 2. The molecule has 13 heteroatoms. The second-order valence-corrected chi connectivity index (χ2v) is 8.56. The van der Waals surface area contributed by atoms with Crippen LogP contribution < -0.4 is 15.4 Å². The Kier molecular flexibility index (Phi) is 8.84. The Hall–Kier alpha value is -3.42. The zero-order chi connectivity index (χ0) is 25.5. The average Bonchev–Trinajstić information content (AvgIpc) is 2.81. The van der Waals surface area contributed by atoms with Gasteiger partial charge >= 0.3 is 5.69 Å². The number of hydrogen-bond donors (Lipinski definition) is 2. The van der Waals surface area contributed by atoms with Gasteiger partial charge in [0, 0.05) is 23.7 Å². The maximum Gasteiger partial charge on any atom is 0.311 e. The number of ether oxygens (including phenoxy) is 2. The van der Waals surface area contributed by atoms with E-state index in [1.54, 1.807) is 25.1 Å². The number of carbonyl (C=O) groups excluding carboxylic acids is 1. The number of aromatic nitrogens is 2. The second kappa shape index (κ2) is 11.8. The van der Waals surface area contributed by atoms with E-state index in [0.717, 1.165) is 0 Å². The molecular weight excluding hydrogens is 527 g/mol. The van der Waals surface area contributed by atoms with Gasteiger partial charge in [0.25, 0.3) is 0 Å². The highest BCUT2D eigenvalue weighted by atomic mass is 79.9. The number of rotatable bonds is 11. The molecule has 1 atom stereocenters. The molecular formula is C22H24BrFN6O5. The Labute approximate surface area is 208 Å². The molecule has 2 aromatic carbocycles. The Morgan fingerprint density at radius 1 is 1.29 bits per heavy atom. The van der Waals surface area contributed by atoms with Crippen LogP contribution in [0.4, 0.5) is 21.6 Å². The minimum absolute atomic E-state index is 0.00842. The van der Waals surface area contributed by atoms with Crippen molar-refractivity contribution in [2.75, 3.05) is 46.3 Å². The number of amides is 1. The van der Waals surface area contributed by atoms with Crippen LogP contribution in [0.2, 0.25) is 0 Å². The lowest BCUT2D eigenvalue weighted by atomic mass is 10.2. The average molecular weight is 551 g/mol. The molecule has 0 aliphatic carbocycles. The van der Waals surface area contributed by atoms with Crippen molar-refractivity contribution in [2.24, 2.45) is 0 Å². The highest BCUT2D eigenvalue weighted by Crippen LogP contribution is 2.35. The summed E-state index contributed by atoms with van der Waals surface area (Å²) in [5, 5.41) is 17.6. The van der Waals surface area contributed by atoms with Gasteiger partial charge in [0.05, 0.1) is 34.7 Å². The van der Waals surface area contributed by atoms with Crippen molar-refractivity contribution in [1.29, 1.82) is 0 Å². The van der Waals surface area contributed by atoms with Gasteiger partial charge in [0.1, 0.15) is 30.6 Å². The molecule has 3 aromatic rings. The number of fused-ring (bicyclic) bond motifs is 1. The molecule has 3 rings (SSSR count). The highest BCUT2D eigenvalue weighted by molar-refractivity contribution is 9.10. The van der Waals surface area contributed by atoms with E-state index in [9.17, 15) is 19.3 Å². The van der Waals surface area contributed by atoms with Gasteiger partial charge in [0.2, 0.25) is 5.91 Å². The lowest BCUT2D eigenvalue weighted by Crippen LogP contribution is -2.47. The normalized spacial score (nSPS) is 11.9. The van der Waals surface area contributed by atoms with E-state index < -0.39 is 16.8 Å². The minimum atomic E-state index is -0.592. The number of nitrogens with zero attached hydrogens (tertiary/aromatic N) is 4. The van der Waals surface area contributed by atoms with Crippen LogP contribution in [0.1, 0.15) is 0 Å². The zero-order valence-corrected chi connectivity index (χ0v) is 20.8. The molecule has 0 radical (unpaired) electrons. The molecule has 0 aliphatic heterocycles. The number of methoxy groups -OCH3 is 1. The van der Waals surface area contributed by atoms with Gasteiger partial charge in [-0.25, -0.2) is 14.4 Å². The van der Waals surface area contributed by atoms with Crippen molar-refractivity contribution < 1.29 is 23.6 Å². The number of likely N-dealkylation sites (N-methyl/N-ethyl adjacent to an activating group) is 1. The van der Waals surface area contributed by atoms with Crippen LogP contribution in [0.15, 0.2) is 41.1 Å². The first-order chi connectivity index (χ1) is 16.7. The third-order valence-corrected chi connectivity index (χ3v) is 5.50. The van der Waals surface area contributed by atoms with Gasteiger partial charge < -0.3 is 20.1 Å². The molecule has 0 aliphatic rings. The van der Waals surface area contributed by atoms with E-state index in [4.69, 9.17) is 9.47 Å². The molecule has 0 spiro atoms. The molecule has 11 nitrogen and oxygen atoms in total. The number of hydrogen-bond acceptors (Lipinski definition) is 9. The van der Waals surface area contributed by atoms with Crippen molar-refractivity contribution in [3.05, 3.63) is 57.1 Å². The van der Waals surface area contributed by atoms with Crippen molar-refractivity contribution >= 4 is 49.9 Å². The number of carbonyl (C=O) groups is 1. The van der Waals surface area contributed by atoms with Crippen molar-refractivity contribution in [2.45, 2.75) is 6.04 Å². The lowest BCUT2D eigenvalue weighted by molar-refractivity contribution is -0.385. The first kappa shape index (κ1) is 26.2. The van der Waals surface area contributed by atoms with Crippen LogP contribution in [0, 0.1) is 15.9 Å². The Morgan fingerprint density at radius 3 is 2.71 bits per heavy atom. The lowest BCUT2D eigenvalue weighted by Gasteiger charge is -2.22. The second-order valence-electron chi connectivity index (χ2n) is 7.64. The summed E-state index contributed by atoms with van der Waals surface area (Å²) in [5.74, 6) is -0.593. The molecule has 0 bridgehead atoms. The summed E-state index contributed by atoms with van der Waals surface area (Å²) in [5.41, 5.74) is 0.192. The van der Waals surface area contributed by atoms with E-state index in [1.807, 2.05) is 0 Å². The third-order valence-electron chi connectivity index (χ3n) is 5.01. The predicted molar refractivity (Wildman–Crippen MR) is 131 cm³/mol. The maximum atomic E-state index is 14.3. The van der Waals surface area contributed by atoms with Crippen LogP contribution in [0.25, 0.3) is 10.9 Å². The number of anilines is 2. The summed E-state index contributed by atoms with van der Waals surface area (Å²) >= 11 is 3.20. The van der Waals surface area contributed by atoms with E-state index >= 15 is 0 Å². The summed E-state index contributed by atoms with van der Waals surface area (Å²) in [6.07, 6.45) is 1.26. The number of nitro benzene ring substituents is 1. The van der Waals surface area contributed by atoms with Crippen LogP contribution in [0.5, 0.6) is 5.75 Å². The number of nitrogens with one attached hydrogen (secondary N) is 2. The standard InChI is InChI=1S/C22H24BrFN6O5/c1-29(2)19(11-34-3)22(31)25-6-7-35-20-10-17-14(9-18(20)30(32)33)21(27-12-26-17)28-16-5-4-13(23)8-15(16)24/h4-5,8-10,12,19H,6-7,11H2,1-3H3,(H,25,31)(H,26,27,28). The molecule has 1 aromatic heterocycles. The molecule has 0 saturated heterocycles. The summed E-state index contributed by atoms with van der Waals surface area (Å²) in [6, 6.07) is 6.65. The smallest absolute Gasteiger partial charge is 0.311 e. The van der Waals surface area contributed by atoms with E-state index in [2.05, 4.69) is 36.5 Å². The Morgan fingerprint density at radius 2 is 2.06 bits per heavy atom. The van der Waals surface area contributed by atoms with Gasteiger partial charge in [0.15, 0.2) is 5.75 Å². The van der Waals surface area contributed by atoms with Crippen LogP contribution in [0.3, 0.4) is 0 Å². The zero-order valence-electron chi connectivity index (χ0n) is 19.2. The molecule has 35 heavy (non-hydrogen) atoms. The first-order valence-corrected chi connectivity index (χ1v) is 11.2.